The van der Waals surface area contributed by atoms with E-state index in [0.29, 0.717) is 91.0 Å². The number of carbonyl (C=O) groups excluding carboxylic acids is 8. The normalized spacial score (nSPS) is 18.9. The van der Waals surface area contributed by atoms with Crippen molar-refractivity contribution in [2.75, 3.05) is 26.3 Å². The molecule has 2 fully saturated rings. The Bertz CT molecular complexity index is 4070. The molecule has 13 nitrogen and oxygen atoms in total. The summed E-state index contributed by atoms with van der Waals surface area (Å²) < 4.78 is 6.24. The molecule has 0 aromatic heterocycles. The van der Waals surface area contributed by atoms with Crippen LogP contribution in [0.2, 0.25) is 0 Å². The van der Waals surface area contributed by atoms with Crippen molar-refractivity contribution in [3.63, 3.8) is 0 Å². The molecule has 6 aliphatic rings. The number of carbonyl (C=O) groups is 8. The van der Waals surface area contributed by atoms with E-state index in [0.717, 1.165) is 116 Å². The number of benzene rings is 10. The van der Waals surface area contributed by atoms with Crippen LogP contribution in [0.15, 0.2) is 97.1 Å². The van der Waals surface area contributed by atoms with Crippen LogP contribution in [-0.2, 0) is 4.74 Å². The molecule has 10 aromatic carbocycles. The minimum absolute atomic E-state index is 0.0642. The van der Waals surface area contributed by atoms with Gasteiger partial charge < -0.3 is 4.74 Å². The average Bonchev–Trinajstić information content (AvgIpc) is 3.01. The topological polar surface area (TPSA) is 159 Å². The van der Waals surface area contributed by atoms with Gasteiger partial charge >= 0.3 is 0 Å². The number of ether oxygens (including phenoxy) is 1. The summed E-state index contributed by atoms with van der Waals surface area (Å²) in [7, 11) is 0. The number of nitrogens with zero attached hydrogens (tertiary/aromatic N) is 4. The van der Waals surface area contributed by atoms with Gasteiger partial charge in [0.15, 0.2) is 0 Å². The van der Waals surface area contributed by atoms with Gasteiger partial charge in [-0.3, -0.25) is 58.0 Å². The SMILES string of the molecule is CC(COCC(C)N1C(=O)c2ccc3c4ccc5c6c(ccc(c7ccc(c2c37)C1=O)c64)C(=O)N(CC1CCCCC1)C5=O)N1C(=O)c2ccc3c4ccc5c6c(ccc(c7ccc(c2c37)C1=O)c64)C(=O)N(CC1CCCCC1)C5=O. The quantitative estimate of drug-likeness (QED) is 0.0738. The molecule has 2 aliphatic carbocycles. The zero-order valence-electron chi connectivity index (χ0n) is 44.9. The molecular weight excluding hydrogens is 1020 g/mol. The monoisotopic (exact) mass is 1070 g/mol. The third kappa shape index (κ3) is 6.52. The van der Waals surface area contributed by atoms with Crippen molar-refractivity contribution in [1.82, 2.24) is 19.6 Å². The highest BCUT2D eigenvalue weighted by Crippen LogP contribution is 2.49. The molecule has 13 heteroatoms. The van der Waals surface area contributed by atoms with Crippen LogP contribution < -0.4 is 0 Å². The minimum Gasteiger partial charge on any atom is -0.377 e. The van der Waals surface area contributed by atoms with Crippen molar-refractivity contribution < 1.29 is 43.1 Å². The Morgan fingerprint density at radius 2 is 0.543 bits per heavy atom. The third-order valence-corrected chi connectivity index (χ3v) is 19.4. The molecule has 0 saturated heterocycles. The van der Waals surface area contributed by atoms with Crippen LogP contribution in [0.25, 0.3) is 86.2 Å². The molecule has 0 radical (unpaired) electrons. The highest BCUT2D eigenvalue weighted by molar-refractivity contribution is 6.43. The lowest BCUT2D eigenvalue weighted by atomic mass is 9.82. The van der Waals surface area contributed by atoms with E-state index in [1.807, 2.05) is 72.8 Å². The first-order valence-corrected chi connectivity index (χ1v) is 28.9. The zero-order valence-corrected chi connectivity index (χ0v) is 44.9. The van der Waals surface area contributed by atoms with Crippen molar-refractivity contribution >= 4 is 133 Å². The molecule has 8 amide bonds. The molecule has 2 atom stereocenters. The highest BCUT2D eigenvalue weighted by Gasteiger charge is 2.42. The van der Waals surface area contributed by atoms with Gasteiger partial charge in [-0.05, 0) is 165 Å². The molecule has 4 aliphatic heterocycles. The van der Waals surface area contributed by atoms with Gasteiger partial charge in [0.05, 0.1) is 25.3 Å². The van der Waals surface area contributed by atoms with Crippen molar-refractivity contribution in [3.8, 4) is 0 Å². The maximum atomic E-state index is 14.6. The smallest absolute Gasteiger partial charge is 0.261 e. The first-order chi connectivity index (χ1) is 39.4. The van der Waals surface area contributed by atoms with Gasteiger partial charge in [0.2, 0.25) is 0 Å². The van der Waals surface area contributed by atoms with Crippen molar-refractivity contribution in [3.05, 3.63) is 142 Å². The molecule has 400 valence electrons. The summed E-state index contributed by atoms with van der Waals surface area (Å²) in [6, 6.07) is 28.2. The summed E-state index contributed by atoms with van der Waals surface area (Å²) in [4.78, 5) is 120. The van der Waals surface area contributed by atoms with Gasteiger partial charge in [0.1, 0.15) is 0 Å². The molecule has 81 heavy (non-hydrogen) atoms. The molecule has 2 saturated carbocycles. The Balaban J connectivity index is 0.659. The molecule has 0 N–H and O–H groups in total. The Hall–Kier alpha value is -8.68. The largest absolute Gasteiger partial charge is 0.377 e. The van der Waals surface area contributed by atoms with Crippen molar-refractivity contribution in [1.29, 1.82) is 0 Å². The number of rotatable bonds is 10. The lowest BCUT2D eigenvalue weighted by Crippen LogP contribution is -2.49. The Morgan fingerprint density at radius 1 is 0.321 bits per heavy atom. The van der Waals surface area contributed by atoms with Gasteiger partial charge in [0.25, 0.3) is 47.3 Å². The van der Waals surface area contributed by atoms with Crippen LogP contribution in [0, 0.1) is 11.8 Å². The van der Waals surface area contributed by atoms with Gasteiger partial charge in [-0.15, -0.1) is 0 Å². The fourth-order valence-corrected chi connectivity index (χ4v) is 15.6. The number of imide groups is 4. The molecular formula is C68H54N4O9. The van der Waals surface area contributed by atoms with E-state index in [9.17, 15) is 38.4 Å². The van der Waals surface area contributed by atoms with E-state index in [1.165, 1.54) is 32.4 Å². The second kappa shape index (κ2) is 17.4. The number of hydrogen-bond donors (Lipinski definition) is 0. The molecule has 0 spiro atoms. The first-order valence-electron chi connectivity index (χ1n) is 28.9. The van der Waals surface area contributed by atoms with E-state index in [4.69, 9.17) is 4.74 Å². The summed E-state index contributed by atoms with van der Waals surface area (Å²) in [5, 5.41) is 12.1. The minimum atomic E-state index is -0.730. The second-order valence-corrected chi connectivity index (χ2v) is 23.9. The lowest BCUT2D eigenvalue weighted by molar-refractivity contribution is 0.0235. The Labute approximate surface area is 464 Å². The molecule has 10 aromatic rings. The maximum absolute atomic E-state index is 14.6. The summed E-state index contributed by atoms with van der Waals surface area (Å²) in [6.07, 6.45) is 10.8. The first kappa shape index (κ1) is 48.2. The van der Waals surface area contributed by atoms with Crippen LogP contribution in [0.5, 0.6) is 0 Å². The lowest BCUT2D eigenvalue weighted by Gasteiger charge is -2.34. The van der Waals surface area contributed by atoms with E-state index < -0.39 is 35.7 Å². The van der Waals surface area contributed by atoms with Crippen LogP contribution in [0.4, 0.5) is 0 Å². The summed E-state index contributed by atoms with van der Waals surface area (Å²) in [6.45, 7) is 4.20. The van der Waals surface area contributed by atoms with Crippen molar-refractivity contribution in [2.45, 2.75) is 90.1 Å². The van der Waals surface area contributed by atoms with Crippen LogP contribution in [0.1, 0.15) is 161 Å². The summed E-state index contributed by atoms with van der Waals surface area (Å²) in [5.41, 5.74) is 3.52. The summed E-state index contributed by atoms with van der Waals surface area (Å²) >= 11 is 0. The Morgan fingerprint density at radius 3 is 0.778 bits per heavy atom. The molecule has 4 heterocycles. The summed E-state index contributed by atoms with van der Waals surface area (Å²) in [5.74, 6) is -2.35. The third-order valence-electron chi connectivity index (χ3n) is 19.4. The fraction of sp³-hybridized carbons (Fsp3) is 0.294. The Kier molecular flexibility index (Phi) is 10.4. The fourth-order valence-electron chi connectivity index (χ4n) is 15.6. The number of hydrogen-bond acceptors (Lipinski definition) is 9. The average molecular weight is 1070 g/mol. The standard InChI is InChI=1S/C68H54N4O9/c1-33(71-65(77)49-25-17-41-37-13-21-45-57-46(62(74)69(61(45)73)29-35-9-5-3-6-10-35)22-14-38(53(37)57)42-18-26-50(66(71)78)59(49)55(41)42)31-81-32-34(2)72-67(79)51-27-19-43-39-15-23-47-58-48(64(76)70(63(47)75)30-36-11-7-4-8-12-36)24-16-40(54(39)58)44-20-28-52(68(72)80)60(51)56(43)44/h13-28,33-36H,3-12,29-32H2,1-2H3. The predicted octanol–water partition coefficient (Wildman–Crippen LogP) is 12.8. The van der Waals surface area contributed by atoms with E-state index in [-0.39, 0.29) is 36.8 Å². The van der Waals surface area contributed by atoms with Gasteiger partial charge in [-0.1, -0.05) is 87.1 Å². The molecule has 16 rings (SSSR count). The van der Waals surface area contributed by atoms with E-state index in [1.54, 1.807) is 38.1 Å². The van der Waals surface area contributed by atoms with Crippen molar-refractivity contribution in [2.24, 2.45) is 11.8 Å². The van der Waals surface area contributed by atoms with Gasteiger partial charge in [-0.25, -0.2) is 0 Å². The van der Waals surface area contributed by atoms with Crippen LogP contribution in [0.3, 0.4) is 0 Å². The van der Waals surface area contributed by atoms with Gasteiger partial charge in [0, 0.05) is 79.1 Å². The zero-order chi connectivity index (χ0) is 55.0. The number of fused-ring (bicyclic) bond motifs is 4. The highest BCUT2D eigenvalue weighted by atomic mass is 16.5. The number of amides is 8. The van der Waals surface area contributed by atoms with E-state index >= 15 is 0 Å². The second-order valence-electron chi connectivity index (χ2n) is 23.9. The van der Waals surface area contributed by atoms with Gasteiger partial charge in [-0.2, -0.15) is 0 Å². The molecule has 2 unspecified atom stereocenters. The molecule has 0 bridgehead atoms. The van der Waals surface area contributed by atoms with E-state index in [2.05, 4.69) is 0 Å². The van der Waals surface area contributed by atoms with Crippen LogP contribution >= 0.6 is 0 Å². The van der Waals surface area contributed by atoms with Crippen LogP contribution in [-0.4, -0.2) is 105 Å². The predicted molar refractivity (Wildman–Crippen MR) is 310 cm³/mol. The maximum Gasteiger partial charge on any atom is 0.261 e.